The highest BCUT2D eigenvalue weighted by atomic mass is 16.1. The molecule has 0 unspecified atom stereocenters. The highest BCUT2D eigenvalue weighted by Crippen LogP contribution is 2.21. The summed E-state index contributed by atoms with van der Waals surface area (Å²) in [5.41, 5.74) is 2.36. The van der Waals surface area contributed by atoms with Crippen molar-refractivity contribution in [2.45, 2.75) is 25.7 Å². The standard InChI is InChI=1S/C17H25N3O/c1-2-11-19-17(21)10-12-18-15-6-8-16(9-7-15)20-13-4-3-5-14-20/h2,6-9,18H,1,3-5,10-14H2,(H,19,21). The molecular weight excluding hydrogens is 262 g/mol. The Hall–Kier alpha value is -1.97. The third kappa shape index (κ3) is 5.14. The third-order valence-electron chi connectivity index (χ3n) is 3.71. The lowest BCUT2D eigenvalue weighted by Crippen LogP contribution is -2.29. The van der Waals surface area contributed by atoms with Crippen LogP contribution in [0.3, 0.4) is 0 Å². The predicted molar refractivity (Wildman–Crippen MR) is 88.8 cm³/mol. The average Bonchev–Trinajstić information content (AvgIpc) is 2.54. The van der Waals surface area contributed by atoms with Gasteiger partial charge in [0.15, 0.2) is 0 Å². The first kappa shape index (κ1) is 15.4. The van der Waals surface area contributed by atoms with Gasteiger partial charge in [-0.3, -0.25) is 4.79 Å². The number of nitrogens with one attached hydrogen (secondary N) is 2. The number of hydrogen-bond donors (Lipinski definition) is 2. The zero-order chi connectivity index (χ0) is 14.9. The Labute approximate surface area is 127 Å². The van der Waals surface area contributed by atoms with Gasteiger partial charge in [0.2, 0.25) is 5.91 Å². The minimum absolute atomic E-state index is 0.0485. The summed E-state index contributed by atoms with van der Waals surface area (Å²) in [5.74, 6) is 0.0485. The Bertz CT molecular complexity index is 450. The van der Waals surface area contributed by atoms with Crippen LogP contribution < -0.4 is 15.5 Å². The van der Waals surface area contributed by atoms with Gasteiger partial charge < -0.3 is 15.5 Å². The maximum Gasteiger partial charge on any atom is 0.222 e. The van der Waals surface area contributed by atoms with E-state index in [1.54, 1.807) is 6.08 Å². The zero-order valence-electron chi connectivity index (χ0n) is 12.6. The van der Waals surface area contributed by atoms with Crippen LogP contribution in [0, 0.1) is 0 Å². The van der Waals surface area contributed by atoms with Crippen molar-refractivity contribution in [1.29, 1.82) is 0 Å². The fraction of sp³-hybridized carbons (Fsp3) is 0.471. The number of carbonyl (C=O) groups is 1. The van der Waals surface area contributed by atoms with Crippen molar-refractivity contribution in [1.82, 2.24) is 5.32 Å². The Kier molecular flexibility index (Phi) is 6.13. The van der Waals surface area contributed by atoms with Crippen LogP contribution in [0.4, 0.5) is 11.4 Å². The average molecular weight is 287 g/mol. The second-order valence-corrected chi connectivity index (χ2v) is 5.36. The first-order valence-electron chi connectivity index (χ1n) is 7.76. The van der Waals surface area contributed by atoms with Gasteiger partial charge >= 0.3 is 0 Å². The van der Waals surface area contributed by atoms with E-state index in [1.807, 2.05) is 0 Å². The zero-order valence-corrected chi connectivity index (χ0v) is 12.6. The molecule has 1 amide bonds. The molecule has 1 fully saturated rings. The number of anilines is 2. The molecule has 21 heavy (non-hydrogen) atoms. The molecule has 0 spiro atoms. The molecular formula is C17H25N3O. The fourth-order valence-electron chi connectivity index (χ4n) is 2.54. The summed E-state index contributed by atoms with van der Waals surface area (Å²) in [6.07, 6.45) is 6.09. The van der Waals surface area contributed by atoms with E-state index in [9.17, 15) is 4.79 Å². The summed E-state index contributed by atoms with van der Waals surface area (Å²) in [7, 11) is 0. The van der Waals surface area contributed by atoms with E-state index in [-0.39, 0.29) is 5.91 Å². The van der Waals surface area contributed by atoms with Gasteiger partial charge in [0, 0.05) is 44.0 Å². The normalized spacial score (nSPS) is 14.6. The van der Waals surface area contributed by atoms with Crippen LogP contribution in [0.25, 0.3) is 0 Å². The Morgan fingerprint density at radius 1 is 1.19 bits per heavy atom. The van der Waals surface area contributed by atoms with Gasteiger partial charge in [-0.1, -0.05) is 6.08 Å². The summed E-state index contributed by atoms with van der Waals surface area (Å²) in [5, 5.41) is 6.04. The second kappa shape index (κ2) is 8.35. The van der Waals surface area contributed by atoms with Crippen LogP contribution in [0.1, 0.15) is 25.7 Å². The van der Waals surface area contributed by atoms with Crippen molar-refractivity contribution in [3.8, 4) is 0 Å². The Morgan fingerprint density at radius 2 is 1.90 bits per heavy atom. The van der Waals surface area contributed by atoms with Gasteiger partial charge in [0.25, 0.3) is 0 Å². The third-order valence-corrected chi connectivity index (χ3v) is 3.71. The van der Waals surface area contributed by atoms with Crippen molar-refractivity contribution in [2.24, 2.45) is 0 Å². The molecule has 0 aromatic heterocycles. The molecule has 0 saturated carbocycles. The van der Waals surface area contributed by atoms with Crippen LogP contribution in [0.15, 0.2) is 36.9 Å². The highest BCUT2D eigenvalue weighted by Gasteiger charge is 2.10. The Morgan fingerprint density at radius 3 is 2.57 bits per heavy atom. The molecule has 0 atom stereocenters. The molecule has 1 aliphatic heterocycles. The van der Waals surface area contributed by atoms with E-state index in [1.165, 1.54) is 24.9 Å². The van der Waals surface area contributed by atoms with E-state index in [0.717, 1.165) is 18.8 Å². The maximum absolute atomic E-state index is 11.4. The molecule has 4 heteroatoms. The first-order chi connectivity index (χ1) is 10.3. The summed E-state index contributed by atoms with van der Waals surface area (Å²) in [4.78, 5) is 13.9. The van der Waals surface area contributed by atoms with Crippen LogP contribution in [0.5, 0.6) is 0 Å². The molecule has 4 nitrogen and oxygen atoms in total. The number of amides is 1. The molecule has 1 saturated heterocycles. The van der Waals surface area contributed by atoms with E-state index < -0.39 is 0 Å². The van der Waals surface area contributed by atoms with Gasteiger partial charge in [-0.15, -0.1) is 6.58 Å². The van der Waals surface area contributed by atoms with Gasteiger partial charge in [-0.25, -0.2) is 0 Å². The van der Waals surface area contributed by atoms with Gasteiger partial charge in [0.05, 0.1) is 0 Å². The molecule has 1 aromatic rings. The molecule has 2 rings (SSSR count). The Balaban J connectivity index is 1.74. The van der Waals surface area contributed by atoms with Crippen molar-refractivity contribution < 1.29 is 4.79 Å². The fourth-order valence-corrected chi connectivity index (χ4v) is 2.54. The van der Waals surface area contributed by atoms with Crippen molar-refractivity contribution in [3.05, 3.63) is 36.9 Å². The minimum Gasteiger partial charge on any atom is -0.385 e. The van der Waals surface area contributed by atoms with Crippen molar-refractivity contribution >= 4 is 17.3 Å². The monoisotopic (exact) mass is 287 g/mol. The molecule has 1 aliphatic rings. The topological polar surface area (TPSA) is 44.4 Å². The summed E-state index contributed by atoms with van der Waals surface area (Å²) in [6.45, 7) is 7.07. The number of nitrogens with zero attached hydrogens (tertiary/aromatic N) is 1. The van der Waals surface area contributed by atoms with Gasteiger partial charge in [-0.05, 0) is 43.5 Å². The molecule has 1 heterocycles. The van der Waals surface area contributed by atoms with Gasteiger partial charge in [-0.2, -0.15) is 0 Å². The van der Waals surface area contributed by atoms with E-state index in [0.29, 0.717) is 19.5 Å². The quantitative estimate of drug-likeness (QED) is 0.758. The lowest BCUT2D eigenvalue weighted by molar-refractivity contribution is -0.120. The van der Waals surface area contributed by atoms with Crippen LogP contribution in [-0.4, -0.2) is 32.1 Å². The lowest BCUT2D eigenvalue weighted by atomic mass is 10.1. The van der Waals surface area contributed by atoms with Crippen molar-refractivity contribution in [2.75, 3.05) is 36.4 Å². The molecule has 1 aromatic carbocycles. The lowest BCUT2D eigenvalue weighted by Gasteiger charge is -2.28. The SMILES string of the molecule is C=CCNC(=O)CCNc1ccc(N2CCCCC2)cc1. The first-order valence-corrected chi connectivity index (χ1v) is 7.76. The maximum atomic E-state index is 11.4. The summed E-state index contributed by atoms with van der Waals surface area (Å²) in [6, 6.07) is 8.49. The van der Waals surface area contributed by atoms with E-state index in [2.05, 4.69) is 46.4 Å². The second-order valence-electron chi connectivity index (χ2n) is 5.36. The van der Waals surface area contributed by atoms with E-state index >= 15 is 0 Å². The molecule has 0 radical (unpaired) electrons. The number of carbonyl (C=O) groups excluding carboxylic acids is 1. The molecule has 0 bridgehead atoms. The smallest absolute Gasteiger partial charge is 0.222 e. The van der Waals surface area contributed by atoms with E-state index in [4.69, 9.17) is 0 Å². The number of piperidine rings is 1. The van der Waals surface area contributed by atoms with Gasteiger partial charge in [0.1, 0.15) is 0 Å². The summed E-state index contributed by atoms with van der Waals surface area (Å²) < 4.78 is 0. The molecule has 2 N–H and O–H groups in total. The molecule has 114 valence electrons. The van der Waals surface area contributed by atoms with Crippen LogP contribution in [0.2, 0.25) is 0 Å². The number of rotatable bonds is 7. The number of benzene rings is 1. The van der Waals surface area contributed by atoms with Crippen LogP contribution in [-0.2, 0) is 4.79 Å². The predicted octanol–water partition coefficient (Wildman–Crippen LogP) is 2.78. The minimum atomic E-state index is 0.0485. The van der Waals surface area contributed by atoms with Crippen LogP contribution >= 0.6 is 0 Å². The molecule has 0 aliphatic carbocycles. The number of hydrogen-bond acceptors (Lipinski definition) is 3. The summed E-state index contributed by atoms with van der Waals surface area (Å²) >= 11 is 0. The highest BCUT2D eigenvalue weighted by molar-refractivity contribution is 5.76. The van der Waals surface area contributed by atoms with Crippen molar-refractivity contribution in [3.63, 3.8) is 0 Å². The largest absolute Gasteiger partial charge is 0.385 e.